The van der Waals surface area contributed by atoms with Crippen molar-refractivity contribution in [1.29, 1.82) is 0 Å². The van der Waals surface area contributed by atoms with Crippen LogP contribution in [0.25, 0.3) is 0 Å². The van der Waals surface area contributed by atoms with Crippen LogP contribution in [0.3, 0.4) is 0 Å². The quantitative estimate of drug-likeness (QED) is 0.344. The van der Waals surface area contributed by atoms with Crippen molar-refractivity contribution in [1.82, 2.24) is 5.32 Å². The van der Waals surface area contributed by atoms with Crippen LogP contribution >= 0.6 is 11.3 Å². The third kappa shape index (κ3) is 5.26. The number of nitrogens with one attached hydrogen (secondary N) is 1. The maximum atomic E-state index is 11.9. The second kappa shape index (κ2) is 7.72. The zero-order chi connectivity index (χ0) is 15.2. The van der Waals surface area contributed by atoms with Crippen molar-refractivity contribution in [3.63, 3.8) is 0 Å². The molecule has 6 nitrogen and oxygen atoms in total. The molecule has 0 bridgehead atoms. The van der Waals surface area contributed by atoms with Gasteiger partial charge in [-0.05, 0) is 17.9 Å². The molecule has 8 heteroatoms. The molecule has 1 aliphatic heterocycles. The lowest BCUT2D eigenvalue weighted by Gasteiger charge is -2.21. The molecule has 2 rings (SSSR count). The Morgan fingerprint density at radius 2 is 2.38 bits per heavy atom. The summed E-state index contributed by atoms with van der Waals surface area (Å²) in [5.74, 6) is -0.728. The topological polar surface area (TPSA) is 99.0 Å². The maximum absolute atomic E-state index is 11.9. The average molecular weight is 311 g/mol. The molecule has 21 heavy (non-hydrogen) atoms. The first-order chi connectivity index (χ1) is 10.0. The van der Waals surface area contributed by atoms with E-state index in [1.807, 2.05) is 17.5 Å². The Bertz CT molecular complexity index is 479. The standard InChI is InChI=1S/C13H18BNO5S/c16-12(8-10-4-2-6-21-10)15-11-5-1-3-9(7-13(17)18)20-14(11)19/h1-4,6,9,11,13,17-19H,5,7-8H2,(H,15,16)/t9-,11+/m1/s1. The average Bonchev–Trinajstić information content (AvgIpc) is 2.83. The fraction of sp³-hybridized carbons (Fsp3) is 0.462. The highest BCUT2D eigenvalue weighted by Gasteiger charge is 2.32. The van der Waals surface area contributed by atoms with E-state index in [1.54, 1.807) is 12.2 Å². The van der Waals surface area contributed by atoms with Crippen molar-refractivity contribution in [2.24, 2.45) is 0 Å². The van der Waals surface area contributed by atoms with Gasteiger partial charge in [0.15, 0.2) is 6.29 Å². The van der Waals surface area contributed by atoms with E-state index in [0.717, 1.165) is 4.88 Å². The van der Waals surface area contributed by atoms with Crippen LogP contribution in [-0.2, 0) is 15.9 Å². The van der Waals surface area contributed by atoms with Gasteiger partial charge in [-0.1, -0.05) is 18.2 Å². The normalized spacial score (nSPS) is 22.4. The summed E-state index contributed by atoms with van der Waals surface area (Å²) in [5.41, 5.74) is 0. The highest BCUT2D eigenvalue weighted by Crippen LogP contribution is 2.14. The molecule has 2 atom stereocenters. The first-order valence-corrected chi connectivity index (χ1v) is 7.60. The molecule has 0 aromatic carbocycles. The molecule has 0 aliphatic carbocycles. The Labute approximate surface area is 127 Å². The van der Waals surface area contributed by atoms with Crippen LogP contribution < -0.4 is 5.32 Å². The molecular formula is C13H18BNO5S. The number of aliphatic hydroxyl groups is 2. The van der Waals surface area contributed by atoms with Gasteiger partial charge in [-0.25, -0.2) is 0 Å². The van der Waals surface area contributed by atoms with Gasteiger partial charge in [0.1, 0.15) is 0 Å². The largest absolute Gasteiger partial charge is 0.478 e. The van der Waals surface area contributed by atoms with Gasteiger partial charge < -0.3 is 25.2 Å². The van der Waals surface area contributed by atoms with E-state index in [4.69, 9.17) is 14.9 Å². The first-order valence-electron chi connectivity index (χ1n) is 6.72. The molecule has 4 N–H and O–H groups in total. The SMILES string of the molecule is O=C(Cc1cccs1)N[C@H]1CC=C[C@H](CC(O)O)OB1O. The zero-order valence-corrected chi connectivity index (χ0v) is 12.2. The van der Waals surface area contributed by atoms with Crippen LogP contribution in [0, 0.1) is 0 Å². The molecule has 0 saturated carbocycles. The Hall–Kier alpha value is -1.19. The molecule has 0 unspecified atom stereocenters. The summed E-state index contributed by atoms with van der Waals surface area (Å²) >= 11 is 1.50. The summed E-state index contributed by atoms with van der Waals surface area (Å²) in [4.78, 5) is 12.9. The number of thiophene rings is 1. The van der Waals surface area contributed by atoms with Crippen LogP contribution in [0.1, 0.15) is 17.7 Å². The third-order valence-electron chi connectivity index (χ3n) is 3.10. The van der Waals surface area contributed by atoms with Gasteiger partial charge in [0.05, 0.1) is 18.5 Å². The van der Waals surface area contributed by atoms with Crippen molar-refractivity contribution < 1.29 is 24.7 Å². The number of aliphatic hydroxyl groups excluding tert-OH is 1. The maximum Gasteiger partial charge on any atom is 0.478 e. The van der Waals surface area contributed by atoms with E-state index in [1.165, 1.54) is 11.3 Å². The number of carbonyl (C=O) groups excluding carboxylic acids is 1. The lowest BCUT2D eigenvalue weighted by atomic mass is 9.77. The smallest absolute Gasteiger partial charge is 0.426 e. The van der Waals surface area contributed by atoms with Crippen molar-refractivity contribution in [3.05, 3.63) is 34.5 Å². The molecule has 1 aromatic rings. The Balaban J connectivity index is 1.86. The van der Waals surface area contributed by atoms with E-state index >= 15 is 0 Å². The lowest BCUT2D eigenvalue weighted by molar-refractivity contribution is -0.120. The predicted molar refractivity (Wildman–Crippen MR) is 79.4 cm³/mol. The van der Waals surface area contributed by atoms with Crippen molar-refractivity contribution in [3.8, 4) is 0 Å². The minimum Gasteiger partial charge on any atom is -0.426 e. The van der Waals surface area contributed by atoms with Crippen molar-refractivity contribution in [2.45, 2.75) is 37.6 Å². The number of rotatable bonds is 5. The van der Waals surface area contributed by atoms with Crippen LogP contribution in [0.5, 0.6) is 0 Å². The first kappa shape index (κ1) is 16.2. The van der Waals surface area contributed by atoms with Gasteiger partial charge >= 0.3 is 7.12 Å². The van der Waals surface area contributed by atoms with Crippen molar-refractivity contribution >= 4 is 24.4 Å². The summed E-state index contributed by atoms with van der Waals surface area (Å²) in [7, 11) is -1.18. The summed E-state index contributed by atoms with van der Waals surface area (Å²) in [6.07, 6.45) is 2.01. The zero-order valence-electron chi connectivity index (χ0n) is 11.4. The predicted octanol–water partition coefficient (Wildman–Crippen LogP) is -0.159. The molecular weight excluding hydrogens is 293 g/mol. The van der Waals surface area contributed by atoms with E-state index < -0.39 is 25.5 Å². The summed E-state index contributed by atoms with van der Waals surface area (Å²) in [5, 5.41) is 32.5. The van der Waals surface area contributed by atoms with E-state index in [0.29, 0.717) is 6.42 Å². The van der Waals surface area contributed by atoms with E-state index in [2.05, 4.69) is 5.32 Å². The Kier molecular flexibility index (Phi) is 5.95. The molecule has 1 amide bonds. The third-order valence-corrected chi connectivity index (χ3v) is 3.98. The van der Waals surface area contributed by atoms with Crippen LogP contribution in [0.15, 0.2) is 29.7 Å². The highest BCUT2D eigenvalue weighted by atomic mass is 32.1. The summed E-state index contributed by atoms with van der Waals surface area (Å²) in [6.45, 7) is 0. The number of hydrogen-bond acceptors (Lipinski definition) is 6. The van der Waals surface area contributed by atoms with Gasteiger partial charge in [-0.15, -0.1) is 11.3 Å². The van der Waals surface area contributed by atoms with E-state index in [9.17, 15) is 9.82 Å². The summed E-state index contributed by atoms with van der Waals surface area (Å²) in [6, 6.07) is 3.76. The number of amides is 1. The minimum atomic E-state index is -1.50. The summed E-state index contributed by atoms with van der Waals surface area (Å²) < 4.78 is 5.31. The van der Waals surface area contributed by atoms with Gasteiger partial charge in [-0.2, -0.15) is 0 Å². The van der Waals surface area contributed by atoms with E-state index in [-0.39, 0.29) is 18.7 Å². The van der Waals surface area contributed by atoms with Crippen LogP contribution in [0.4, 0.5) is 0 Å². The Morgan fingerprint density at radius 3 is 3.05 bits per heavy atom. The van der Waals surface area contributed by atoms with Gasteiger partial charge in [0.25, 0.3) is 0 Å². The lowest BCUT2D eigenvalue weighted by Crippen LogP contribution is -2.48. The number of carbonyl (C=O) groups is 1. The molecule has 1 aliphatic rings. The second-order valence-electron chi connectivity index (χ2n) is 4.88. The molecule has 0 spiro atoms. The highest BCUT2D eigenvalue weighted by molar-refractivity contribution is 7.10. The molecule has 0 saturated heterocycles. The fourth-order valence-corrected chi connectivity index (χ4v) is 2.82. The Morgan fingerprint density at radius 1 is 1.57 bits per heavy atom. The molecule has 2 heterocycles. The monoisotopic (exact) mass is 311 g/mol. The second-order valence-corrected chi connectivity index (χ2v) is 5.91. The molecule has 0 radical (unpaired) electrons. The van der Waals surface area contributed by atoms with Crippen LogP contribution in [-0.4, -0.2) is 46.6 Å². The van der Waals surface area contributed by atoms with Gasteiger partial charge in [0, 0.05) is 11.3 Å². The number of hydrogen-bond donors (Lipinski definition) is 4. The molecule has 1 aromatic heterocycles. The molecule has 114 valence electrons. The van der Waals surface area contributed by atoms with Crippen molar-refractivity contribution in [2.75, 3.05) is 0 Å². The minimum absolute atomic E-state index is 0.0244. The van der Waals surface area contributed by atoms with Crippen LogP contribution in [0.2, 0.25) is 0 Å². The van der Waals surface area contributed by atoms with Gasteiger partial charge in [-0.3, -0.25) is 4.79 Å². The fourth-order valence-electron chi connectivity index (χ4n) is 2.11. The molecule has 0 fully saturated rings. The van der Waals surface area contributed by atoms with Gasteiger partial charge in [0.2, 0.25) is 5.91 Å².